The Bertz CT molecular complexity index is 509. The molecule has 0 saturated carbocycles. The second-order valence-electron chi connectivity index (χ2n) is 6.70. The summed E-state index contributed by atoms with van der Waals surface area (Å²) in [4.78, 5) is 15.0. The largest absolute Gasteiger partial charge is 0.311 e. The normalized spacial score (nSPS) is 25.1. The zero-order valence-corrected chi connectivity index (χ0v) is 12.5. The van der Waals surface area contributed by atoms with Crippen molar-refractivity contribution in [3.8, 4) is 0 Å². The molecule has 3 heteroatoms. The van der Waals surface area contributed by atoms with Gasteiger partial charge in [-0.1, -0.05) is 32.0 Å². The van der Waals surface area contributed by atoms with Gasteiger partial charge in [-0.3, -0.25) is 4.79 Å². The molecule has 108 valence electrons. The Kier molecular flexibility index (Phi) is 3.55. The van der Waals surface area contributed by atoms with Gasteiger partial charge in [-0.2, -0.15) is 0 Å². The molecule has 0 aliphatic carbocycles. The Morgan fingerprint density at radius 3 is 2.90 bits per heavy atom. The zero-order valence-electron chi connectivity index (χ0n) is 12.5. The quantitative estimate of drug-likeness (QED) is 0.852. The van der Waals surface area contributed by atoms with Crippen LogP contribution in [0.25, 0.3) is 0 Å². The van der Waals surface area contributed by atoms with E-state index in [2.05, 4.69) is 37.4 Å². The van der Waals surface area contributed by atoms with Crippen LogP contribution >= 0.6 is 0 Å². The molecule has 2 aliphatic rings. The van der Waals surface area contributed by atoms with Gasteiger partial charge >= 0.3 is 0 Å². The van der Waals surface area contributed by atoms with E-state index >= 15 is 0 Å². The molecule has 2 aliphatic heterocycles. The molecule has 0 bridgehead atoms. The van der Waals surface area contributed by atoms with Gasteiger partial charge in [-0.15, -0.1) is 0 Å². The highest BCUT2D eigenvalue weighted by Gasteiger charge is 2.40. The van der Waals surface area contributed by atoms with E-state index < -0.39 is 0 Å². The Balaban J connectivity index is 1.88. The van der Waals surface area contributed by atoms with Crippen LogP contribution in [0.3, 0.4) is 0 Å². The number of hydrogen-bond acceptors (Lipinski definition) is 2. The summed E-state index contributed by atoms with van der Waals surface area (Å²) in [5.74, 6) is 0.252. The van der Waals surface area contributed by atoms with Gasteiger partial charge in [0.1, 0.15) is 0 Å². The van der Waals surface area contributed by atoms with Crippen LogP contribution < -0.4 is 10.2 Å². The van der Waals surface area contributed by atoms with Gasteiger partial charge < -0.3 is 10.2 Å². The number of piperidine rings is 1. The molecule has 1 aromatic rings. The maximum absolute atomic E-state index is 13.0. The third-order valence-electron chi connectivity index (χ3n) is 4.75. The summed E-state index contributed by atoms with van der Waals surface area (Å²) in [6.07, 6.45) is 4.43. The lowest BCUT2D eigenvalue weighted by Gasteiger charge is -2.42. The highest BCUT2D eigenvalue weighted by atomic mass is 16.2. The van der Waals surface area contributed by atoms with Gasteiger partial charge in [-0.25, -0.2) is 0 Å². The van der Waals surface area contributed by atoms with Crippen molar-refractivity contribution in [3.63, 3.8) is 0 Å². The number of amides is 1. The molecule has 3 rings (SSSR count). The number of para-hydroxylation sites is 1. The fraction of sp³-hybridized carbons (Fsp3) is 0.588. The zero-order chi connectivity index (χ0) is 14.2. The fourth-order valence-electron chi connectivity index (χ4n) is 3.55. The average molecular weight is 272 g/mol. The van der Waals surface area contributed by atoms with Crippen molar-refractivity contribution in [2.24, 2.45) is 5.41 Å². The first-order valence-electron chi connectivity index (χ1n) is 7.72. The minimum absolute atomic E-state index is 0.0434. The van der Waals surface area contributed by atoms with Crippen LogP contribution in [0.4, 0.5) is 5.69 Å². The second kappa shape index (κ2) is 5.21. The Morgan fingerprint density at radius 1 is 1.30 bits per heavy atom. The van der Waals surface area contributed by atoms with E-state index in [0.717, 1.165) is 44.5 Å². The minimum atomic E-state index is -0.0533. The van der Waals surface area contributed by atoms with Crippen LogP contribution in [-0.2, 0) is 11.2 Å². The van der Waals surface area contributed by atoms with Gasteiger partial charge in [0.15, 0.2) is 0 Å². The van der Waals surface area contributed by atoms with Crippen molar-refractivity contribution in [1.82, 2.24) is 5.32 Å². The summed E-state index contributed by atoms with van der Waals surface area (Å²) in [5, 5.41) is 3.45. The number of anilines is 1. The molecule has 2 heterocycles. The van der Waals surface area contributed by atoms with Crippen molar-refractivity contribution in [3.05, 3.63) is 29.8 Å². The number of carbonyl (C=O) groups is 1. The van der Waals surface area contributed by atoms with Crippen molar-refractivity contribution in [2.45, 2.75) is 45.6 Å². The summed E-state index contributed by atoms with van der Waals surface area (Å²) in [5.41, 5.74) is 2.47. The van der Waals surface area contributed by atoms with Crippen LogP contribution in [0.1, 0.15) is 38.7 Å². The summed E-state index contributed by atoms with van der Waals surface area (Å²) in [6, 6.07) is 8.28. The predicted octanol–water partition coefficient (Wildman–Crippen LogP) is 2.74. The summed E-state index contributed by atoms with van der Waals surface area (Å²) >= 11 is 0. The van der Waals surface area contributed by atoms with Gasteiger partial charge in [0.05, 0.1) is 6.04 Å². The van der Waals surface area contributed by atoms with Crippen LogP contribution in [-0.4, -0.2) is 25.0 Å². The monoisotopic (exact) mass is 272 g/mol. The fourth-order valence-corrected chi connectivity index (χ4v) is 3.55. The Hall–Kier alpha value is -1.35. The number of aryl methyl sites for hydroxylation is 1. The molecule has 1 unspecified atom stereocenters. The van der Waals surface area contributed by atoms with Crippen molar-refractivity contribution >= 4 is 11.6 Å². The summed E-state index contributed by atoms with van der Waals surface area (Å²) in [6.45, 7) is 6.22. The Labute approximate surface area is 121 Å². The number of rotatable bonds is 1. The third kappa shape index (κ3) is 2.35. The maximum Gasteiger partial charge on any atom is 0.244 e. The number of benzene rings is 1. The van der Waals surface area contributed by atoms with E-state index in [4.69, 9.17) is 0 Å². The molecule has 3 nitrogen and oxygen atoms in total. The molecule has 1 N–H and O–H groups in total. The van der Waals surface area contributed by atoms with E-state index in [1.807, 2.05) is 11.0 Å². The highest BCUT2D eigenvalue weighted by molar-refractivity contribution is 5.98. The maximum atomic E-state index is 13.0. The average Bonchev–Trinajstić information content (AvgIpc) is 2.45. The topological polar surface area (TPSA) is 32.3 Å². The van der Waals surface area contributed by atoms with Gasteiger partial charge in [-0.05, 0) is 49.3 Å². The smallest absolute Gasteiger partial charge is 0.244 e. The number of nitrogens with zero attached hydrogens (tertiary/aromatic N) is 1. The standard InChI is InChI=1S/C17H24N2O/c1-17(2)10-6-11-18-15(17)16(20)19-12-5-8-13-7-3-4-9-14(13)19/h3-4,7,9,15,18H,5-6,8,10-12H2,1-2H3. The lowest BCUT2D eigenvalue weighted by atomic mass is 9.76. The second-order valence-corrected chi connectivity index (χ2v) is 6.70. The van der Waals surface area contributed by atoms with E-state index in [9.17, 15) is 4.79 Å². The molecule has 1 atom stereocenters. The molecule has 20 heavy (non-hydrogen) atoms. The van der Waals surface area contributed by atoms with Crippen LogP contribution in [0.2, 0.25) is 0 Å². The number of carbonyl (C=O) groups excluding carboxylic acids is 1. The van der Waals surface area contributed by atoms with Gasteiger partial charge in [0.2, 0.25) is 5.91 Å². The van der Waals surface area contributed by atoms with Crippen LogP contribution in [0.15, 0.2) is 24.3 Å². The van der Waals surface area contributed by atoms with Crippen molar-refractivity contribution in [2.75, 3.05) is 18.0 Å². The lowest BCUT2D eigenvalue weighted by molar-refractivity contribution is -0.124. The number of nitrogens with one attached hydrogen (secondary N) is 1. The summed E-state index contributed by atoms with van der Waals surface area (Å²) in [7, 11) is 0. The van der Waals surface area contributed by atoms with E-state index in [1.165, 1.54) is 5.56 Å². The molecular weight excluding hydrogens is 248 g/mol. The minimum Gasteiger partial charge on any atom is -0.311 e. The SMILES string of the molecule is CC1(C)CCCNC1C(=O)N1CCCc2ccccc21. The van der Waals surface area contributed by atoms with Crippen molar-refractivity contribution < 1.29 is 4.79 Å². The number of hydrogen-bond donors (Lipinski definition) is 1. The van der Waals surface area contributed by atoms with Crippen LogP contribution in [0, 0.1) is 5.41 Å². The molecule has 1 aromatic carbocycles. The first-order valence-corrected chi connectivity index (χ1v) is 7.72. The van der Waals surface area contributed by atoms with E-state index in [1.54, 1.807) is 0 Å². The molecule has 1 saturated heterocycles. The predicted molar refractivity (Wildman–Crippen MR) is 81.9 cm³/mol. The first-order chi connectivity index (χ1) is 9.59. The molecule has 1 amide bonds. The van der Waals surface area contributed by atoms with Gasteiger partial charge in [0, 0.05) is 12.2 Å². The molecule has 0 radical (unpaired) electrons. The Morgan fingerprint density at radius 2 is 2.10 bits per heavy atom. The van der Waals surface area contributed by atoms with Crippen LogP contribution in [0.5, 0.6) is 0 Å². The molecule has 1 fully saturated rings. The first kappa shape index (κ1) is 13.6. The highest BCUT2D eigenvalue weighted by Crippen LogP contribution is 2.34. The van der Waals surface area contributed by atoms with E-state index in [-0.39, 0.29) is 17.4 Å². The third-order valence-corrected chi connectivity index (χ3v) is 4.75. The van der Waals surface area contributed by atoms with Crippen molar-refractivity contribution in [1.29, 1.82) is 0 Å². The summed E-state index contributed by atoms with van der Waals surface area (Å²) < 4.78 is 0. The van der Waals surface area contributed by atoms with E-state index in [0.29, 0.717) is 0 Å². The molecule has 0 spiro atoms. The molecule has 0 aromatic heterocycles. The van der Waals surface area contributed by atoms with Gasteiger partial charge in [0.25, 0.3) is 0 Å². The lowest BCUT2D eigenvalue weighted by Crippen LogP contribution is -2.57. The number of fused-ring (bicyclic) bond motifs is 1. The molecular formula is C17H24N2O.